The topological polar surface area (TPSA) is 38.5 Å². The van der Waals surface area contributed by atoms with Gasteiger partial charge in [-0.05, 0) is 49.5 Å². The Bertz CT molecular complexity index is 425. The van der Waals surface area contributed by atoms with Crippen molar-refractivity contribution in [2.24, 2.45) is 11.1 Å². The molecule has 0 amide bonds. The molecule has 0 saturated heterocycles. The minimum atomic E-state index is 0.324. The Kier molecular flexibility index (Phi) is 6.07. The summed E-state index contributed by atoms with van der Waals surface area (Å²) in [6, 6.07) is 8.35. The van der Waals surface area contributed by atoms with Crippen LogP contribution in [0.5, 0.6) is 5.75 Å². The minimum Gasteiger partial charge on any atom is -0.497 e. The summed E-state index contributed by atoms with van der Waals surface area (Å²) in [5.74, 6) is 0.934. The highest BCUT2D eigenvalue weighted by Gasteiger charge is 2.30. The van der Waals surface area contributed by atoms with Crippen LogP contribution in [0.15, 0.2) is 24.3 Å². The fourth-order valence-electron chi connectivity index (χ4n) is 3.62. The van der Waals surface area contributed by atoms with Gasteiger partial charge in [-0.15, -0.1) is 0 Å². The molecule has 3 heteroatoms. The Labute approximate surface area is 129 Å². The lowest BCUT2D eigenvalue weighted by Crippen LogP contribution is -2.40. The molecule has 2 rings (SSSR count). The predicted molar refractivity (Wildman–Crippen MR) is 88.5 cm³/mol. The smallest absolute Gasteiger partial charge is 0.119 e. The van der Waals surface area contributed by atoms with Gasteiger partial charge in [-0.3, -0.25) is 0 Å². The van der Waals surface area contributed by atoms with E-state index >= 15 is 0 Å². The zero-order chi connectivity index (χ0) is 15.1. The van der Waals surface area contributed by atoms with E-state index in [1.165, 1.54) is 44.1 Å². The first-order valence-corrected chi connectivity index (χ1v) is 8.19. The Hall–Kier alpha value is -1.06. The molecule has 0 aliphatic heterocycles. The van der Waals surface area contributed by atoms with Crippen molar-refractivity contribution in [3.05, 3.63) is 29.8 Å². The lowest BCUT2D eigenvalue weighted by molar-refractivity contribution is 0.153. The molecular weight excluding hydrogens is 260 g/mol. The average Bonchev–Trinajstić information content (AvgIpc) is 2.73. The quantitative estimate of drug-likeness (QED) is 0.816. The maximum atomic E-state index is 6.15. The lowest BCUT2D eigenvalue weighted by atomic mass is 9.80. The maximum absolute atomic E-state index is 6.15. The lowest BCUT2D eigenvalue weighted by Gasteiger charge is -2.35. The van der Waals surface area contributed by atoms with Gasteiger partial charge in [0.25, 0.3) is 0 Å². The number of rotatable bonds is 6. The second-order valence-corrected chi connectivity index (χ2v) is 6.64. The molecule has 0 aromatic heterocycles. The van der Waals surface area contributed by atoms with E-state index in [1.54, 1.807) is 7.11 Å². The molecule has 0 atom stereocenters. The van der Waals surface area contributed by atoms with Crippen molar-refractivity contribution in [2.75, 3.05) is 27.2 Å². The van der Waals surface area contributed by atoms with Crippen LogP contribution in [0.1, 0.15) is 44.1 Å². The van der Waals surface area contributed by atoms with Crippen LogP contribution >= 0.6 is 0 Å². The first-order valence-electron chi connectivity index (χ1n) is 8.19. The third-order valence-electron chi connectivity index (χ3n) is 4.79. The third kappa shape index (κ3) is 4.72. The van der Waals surface area contributed by atoms with Crippen molar-refractivity contribution in [3.63, 3.8) is 0 Å². The highest BCUT2D eigenvalue weighted by molar-refractivity contribution is 5.28. The largest absolute Gasteiger partial charge is 0.497 e. The van der Waals surface area contributed by atoms with Crippen LogP contribution in [0.3, 0.4) is 0 Å². The number of nitrogens with zero attached hydrogens (tertiary/aromatic N) is 1. The van der Waals surface area contributed by atoms with Gasteiger partial charge in [0.1, 0.15) is 5.75 Å². The van der Waals surface area contributed by atoms with E-state index in [4.69, 9.17) is 10.5 Å². The summed E-state index contributed by atoms with van der Waals surface area (Å²) in [5.41, 5.74) is 7.78. The molecule has 3 nitrogen and oxygen atoms in total. The van der Waals surface area contributed by atoms with Crippen molar-refractivity contribution in [3.8, 4) is 5.75 Å². The van der Waals surface area contributed by atoms with Gasteiger partial charge in [0, 0.05) is 13.1 Å². The van der Waals surface area contributed by atoms with E-state index < -0.39 is 0 Å². The number of ether oxygens (including phenoxy) is 1. The first-order chi connectivity index (χ1) is 10.2. The van der Waals surface area contributed by atoms with E-state index in [2.05, 4.69) is 30.1 Å². The van der Waals surface area contributed by atoms with Crippen molar-refractivity contribution >= 4 is 0 Å². The number of hydrogen-bond acceptors (Lipinski definition) is 3. The van der Waals surface area contributed by atoms with Crippen LogP contribution in [0.4, 0.5) is 0 Å². The Morgan fingerprint density at radius 2 is 1.90 bits per heavy atom. The van der Waals surface area contributed by atoms with E-state index in [0.717, 1.165) is 25.4 Å². The minimum absolute atomic E-state index is 0.324. The van der Waals surface area contributed by atoms with E-state index in [9.17, 15) is 0 Å². The molecule has 1 aliphatic rings. The van der Waals surface area contributed by atoms with E-state index in [1.807, 2.05) is 6.07 Å². The standard InChI is InChI=1S/C18H30N2O/c1-20(13-16-8-7-9-17(12-16)21-2)15-18(14-19)10-5-3-4-6-11-18/h7-9,12H,3-6,10-11,13-15,19H2,1-2H3. The summed E-state index contributed by atoms with van der Waals surface area (Å²) in [6.07, 6.45) is 8.00. The molecule has 1 aromatic carbocycles. The van der Waals surface area contributed by atoms with Gasteiger partial charge in [0.05, 0.1) is 7.11 Å². The SMILES string of the molecule is COc1cccc(CN(C)CC2(CN)CCCCCC2)c1. The number of methoxy groups -OCH3 is 1. The Balaban J connectivity index is 1.96. The summed E-state index contributed by atoms with van der Waals surface area (Å²) in [5, 5.41) is 0. The molecular formula is C18H30N2O. The summed E-state index contributed by atoms with van der Waals surface area (Å²) < 4.78 is 5.31. The van der Waals surface area contributed by atoms with Crippen LogP contribution < -0.4 is 10.5 Å². The monoisotopic (exact) mass is 290 g/mol. The highest BCUT2D eigenvalue weighted by atomic mass is 16.5. The van der Waals surface area contributed by atoms with Gasteiger partial charge < -0.3 is 15.4 Å². The van der Waals surface area contributed by atoms with Crippen LogP contribution in [0, 0.1) is 5.41 Å². The van der Waals surface area contributed by atoms with Crippen molar-refractivity contribution in [2.45, 2.75) is 45.1 Å². The van der Waals surface area contributed by atoms with Crippen molar-refractivity contribution in [1.82, 2.24) is 4.90 Å². The van der Waals surface area contributed by atoms with Crippen LogP contribution in [-0.4, -0.2) is 32.1 Å². The molecule has 21 heavy (non-hydrogen) atoms. The van der Waals surface area contributed by atoms with Gasteiger partial charge in [-0.2, -0.15) is 0 Å². The Morgan fingerprint density at radius 3 is 2.52 bits per heavy atom. The highest BCUT2D eigenvalue weighted by Crippen LogP contribution is 2.35. The zero-order valence-electron chi connectivity index (χ0n) is 13.6. The average molecular weight is 290 g/mol. The molecule has 118 valence electrons. The third-order valence-corrected chi connectivity index (χ3v) is 4.79. The zero-order valence-corrected chi connectivity index (χ0v) is 13.6. The summed E-state index contributed by atoms with van der Waals surface area (Å²) in [6.45, 7) is 2.87. The maximum Gasteiger partial charge on any atom is 0.119 e. The molecule has 2 N–H and O–H groups in total. The molecule has 1 fully saturated rings. The molecule has 0 bridgehead atoms. The van der Waals surface area contributed by atoms with Crippen LogP contribution in [-0.2, 0) is 6.54 Å². The molecule has 0 spiro atoms. The molecule has 0 radical (unpaired) electrons. The fourth-order valence-corrected chi connectivity index (χ4v) is 3.62. The summed E-state index contributed by atoms with van der Waals surface area (Å²) in [7, 11) is 3.93. The second-order valence-electron chi connectivity index (χ2n) is 6.64. The van der Waals surface area contributed by atoms with Gasteiger partial charge >= 0.3 is 0 Å². The van der Waals surface area contributed by atoms with E-state index in [-0.39, 0.29) is 0 Å². The predicted octanol–water partition coefficient (Wildman–Crippen LogP) is 3.43. The molecule has 0 unspecified atom stereocenters. The van der Waals surface area contributed by atoms with Gasteiger partial charge in [-0.25, -0.2) is 0 Å². The van der Waals surface area contributed by atoms with E-state index in [0.29, 0.717) is 5.41 Å². The number of hydrogen-bond donors (Lipinski definition) is 1. The summed E-state index contributed by atoms with van der Waals surface area (Å²) in [4.78, 5) is 2.42. The Morgan fingerprint density at radius 1 is 1.19 bits per heavy atom. The number of nitrogens with two attached hydrogens (primary N) is 1. The molecule has 1 saturated carbocycles. The van der Waals surface area contributed by atoms with Crippen LogP contribution in [0.25, 0.3) is 0 Å². The second kappa shape index (κ2) is 7.81. The van der Waals surface area contributed by atoms with Gasteiger partial charge in [0.15, 0.2) is 0 Å². The van der Waals surface area contributed by atoms with Crippen molar-refractivity contribution < 1.29 is 4.74 Å². The summed E-state index contributed by atoms with van der Waals surface area (Å²) >= 11 is 0. The first kappa shape index (κ1) is 16.3. The fraction of sp³-hybridized carbons (Fsp3) is 0.667. The van der Waals surface area contributed by atoms with Crippen LogP contribution in [0.2, 0.25) is 0 Å². The van der Waals surface area contributed by atoms with Gasteiger partial charge in [0.2, 0.25) is 0 Å². The number of benzene rings is 1. The molecule has 0 heterocycles. The van der Waals surface area contributed by atoms with Crippen molar-refractivity contribution in [1.29, 1.82) is 0 Å². The van der Waals surface area contributed by atoms with Gasteiger partial charge in [-0.1, -0.05) is 37.8 Å². The molecule has 1 aromatic rings. The molecule has 1 aliphatic carbocycles. The normalized spacial score (nSPS) is 18.5.